The summed E-state index contributed by atoms with van der Waals surface area (Å²) in [5.74, 6) is 0.235. The molecule has 0 bridgehead atoms. The fraction of sp³-hybridized carbons (Fsp3) is 0.286. The van der Waals surface area contributed by atoms with E-state index in [1.54, 1.807) is 30.1 Å². The Morgan fingerprint density at radius 2 is 2.00 bits per heavy atom. The third-order valence-corrected chi connectivity index (χ3v) is 5.73. The van der Waals surface area contributed by atoms with Crippen LogP contribution in [0.15, 0.2) is 53.9 Å². The number of hydrogen-bond donors (Lipinski definition) is 1. The van der Waals surface area contributed by atoms with Crippen molar-refractivity contribution in [3.63, 3.8) is 0 Å². The van der Waals surface area contributed by atoms with E-state index in [2.05, 4.69) is 15.5 Å². The molecule has 1 saturated heterocycles. The Morgan fingerprint density at radius 3 is 2.71 bits per heavy atom. The number of benzene rings is 2. The molecule has 2 aromatic carbocycles. The molecule has 1 aliphatic rings. The average molecular weight is 444 g/mol. The quantitative estimate of drug-likeness (QED) is 0.562. The summed E-state index contributed by atoms with van der Waals surface area (Å²) in [6.07, 6.45) is 1.59. The summed E-state index contributed by atoms with van der Waals surface area (Å²) in [6.45, 7) is 2.45. The highest BCUT2D eigenvalue weighted by Gasteiger charge is 2.16. The van der Waals surface area contributed by atoms with E-state index in [-0.39, 0.29) is 17.5 Å². The number of amides is 1. The van der Waals surface area contributed by atoms with E-state index in [9.17, 15) is 9.18 Å². The summed E-state index contributed by atoms with van der Waals surface area (Å²) >= 11 is 1.25. The molecule has 4 rings (SSSR count). The van der Waals surface area contributed by atoms with Gasteiger partial charge in [-0.25, -0.2) is 4.39 Å². The smallest absolute Gasteiger partial charge is 0.234 e. The molecule has 2 heterocycles. The molecule has 1 fully saturated rings. The number of nitrogens with one attached hydrogen (secondary N) is 1. The van der Waals surface area contributed by atoms with Gasteiger partial charge in [0, 0.05) is 24.5 Å². The van der Waals surface area contributed by atoms with Crippen LogP contribution in [0.5, 0.6) is 5.75 Å². The molecule has 3 aromatic rings. The van der Waals surface area contributed by atoms with Crippen molar-refractivity contribution in [3.8, 4) is 11.4 Å². The summed E-state index contributed by atoms with van der Waals surface area (Å²) in [4.78, 5) is 14.3. The van der Waals surface area contributed by atoms with Gasteiger partial charge < -0.3 is 19.7 Å². The summed E-state index contributed by atoms with van der Waals surface area (Å²) in [5.41, 5.74) is 1.79. The Kier molecular flexibility index (Phi) is 6.68. The second kappa shape index (κ2) is 9.80. The third kappa shape index (κ3) is 5.15. The van der Waals surface area contributed by atoms with Crippen LogP contribution in [0.4, 0.5) is 15.8 Å². The maximum atomic E-state index is 14.5. The number of rotatable bonds is 7. The molecule has 0 saturated carbocycles. The minimum atomic E-state index is -0.369. The van der Waals surface area contributed by atoms with Gasteiger partial charge in [0.15, 0.2) is 5.16 Å². The predicted molar refractivity (Wildman–Crippen MR) is 117 cm³/mol. The maximum absolute atomic E-state index is 14.5. The predicted octanol–water partition coefficient (Wildman–Crippen LogP) is 2.98. The van der Waals surface area contributed by atoms with Crippen LogP contribution < -0.4 is 15.0 Å². The molecule has 0 unspecified atom stereocenters. The van der Waals surface area contributed by atoms with Gasteiger partial charge in [-0.3, -0.25) is 9.36 Å². The number of morpholine rings is 1. The average Bonchev–Trinajstić information content (AvgIpc) is 3.27. The molecule has 1 amide bonds. The number of nitrogens with zero attached hydrogens (tertiary/aromatic N) is 4. The lowest BCUT2D eigenvalue weighted by atomic mass is 10.2. The topological polar surface area (TPSA) is 81.5 Å². The first-order chi connectivity index (χ1) is 15.1. The highest BCUT2D eigenvalue weighted by atomic mass is 32.2. The Bertz CT molecular complexity index is 1040. The van der Waals surface area contributed by atoms with E-state index in [1.807, 2.05) is 29.2 Å². The SMILES string of the molecule is COc1ccc(-n2cnnc2SCC(=O)Nc2ccc(N3CCOCC3)c(F)c2)cc1. The van der Waals surface area contributed by atoms with Gasteiger partial charge >= 0.3 is 0 Å². The molecule has 0 spiro atoms. The van der Waals surface area contributed by atoms with Gasteiger partial charge in [-0.05, 0) is 42.5 Å². The van der Waals surface area contributed by atoms with Crippen molar-refractivity contribution in [1.82, 2.24) is 14.8 Å². The first-order valence-electron chi connectivity index (χ1n) is 9.73. The monoisotopic (exact) mass is 443 g/mol. The number of carbonyl (C=O) groups excluding carboxylic acids is 1. The normalized spacial score (nSPS) is 13.8. The first kappa shape index (κ1) is 21.1. The number of carbonyl (C=O) groups is 1. The van der Waals surface area contributed by atoms with Crippen LogP contribution >= 0.6 is 11.8 Å². The summed E-state index contributed by atoms with van der Waals surface area (Å²) in [7, 11) is 1.61. The summed E-state index contributed by atoms with van der Waals surface area (Å²) in [5, 5.41) is 11.3. The van der Waals surface area contributed by atoms with Gasteiger partial charge in [-0.1, -0.05) is 11.8 Å². The number of aromatic nitrogens is 3. The molecule has 31 heavy (non-hydrogen) atoms. The first-order valence-corrected chi connectivity index (χ1v) is 10.7. The lowest BCUT2D eigenvalue weighted by Crippen LogP contribution is -2.36. The van der Waals surface area contributed by atoms with E-state index >= 15 is 0 Å². The van der Waals surface area contributed by atoms with Gasteiger partial charge in [-0.15, -0.1) is 10.2 Å². The van der Waals surface area contributed by atoms with Crippen LogP contribution in [0.25, 0.3) is 5.69 Å². The van der Waals surface area contributed by atoms with Crippen molar-refractivity contribution in [1.29, 1.82) is 0 Å². The second-order valence-corrected chi connectivity index (χ2v) is 7.73. The van der Waals surface area contributed by atoms with E-state index in [0.717, 1.165) is 11.4 Å². The Balaban J connectivity index is 1.35. The van der Waals surface area contributed by atoms with E-state index in [4.69, 9.17) is 9.47 Å². The Morgan fingerprint density at radius 1 is 1.23 bits per heavy atom. The number of thioether (sulfide) groups is 1. The van der Waals surface area contributed by atoms with E-state index in [0.29, 0.717) is 42.8 Å². The maximum Gasteiger partial charge on any atom is 0.234 e. The van der Waals surface area contributed by atoms with Gasteiger partial charge in [-0.2, -0.15) is 0 Å². The molecule has 1 aliphatic heterocycles. The molecule has 162 valence electrons. The van der Waals surface area contributed by atoms with Crippen molar-refractivity contribution in [2.24, 2.45) is 0 Å². The number of halogens is 1. The zero-order valence-electron chi connectivity index (χ0n) is 17.0. The van der Waals surface area contributed by atoms with Crippen LogP contribution in [0.1, 0.15) is 0 Å². The molecule has 0 aliphatic carbocycles. The minimum absolute atomic E-state index is 0.113. The number of anilines is 2. The minimum Gasteiger partial charge on any atom is -0.497 e. The van der Waals surface area contributed by atoms with Crippen LogP contribution in [-0.4, -0.2) is 59.8 Å². The van der Waals surface area contributed by atoms with Crippen LogP contribution in [0.3, 0.4) is 0 Å². The van der Waals surface area contributed by atoms with E-state index < -0.39 is 0 Å². The number of ether oxygens (including phenoxy) is 2. The fourth-order valence-corrected chi connectivity index (χ4v) is 3.94. The van der Waals surface area contributed by atoms with Crippen LogP contribution in [0.2, 0.25) is 0 Å². The highest BCUT2D eigenvalue weighted by Crippen LogP contribution is 2.25. The van der Waals surface area contributed by atoms with Crippen LogP contribution in [0, 0.1) is 5.82 Å². The summed E-state index contributed by atoms with van der Waals surface area (Å²) < 4.78 is 26.8. The lowest BCUT2D eigenvalue weighted by molar-refractivity contribution is -0.113. The molecule has 0 radical (unpaired) electrons. The number of hydrogen-bond acceptors (Lipinski definition) is 7. The molecule has 1 aromatic heterocycles. The van der Waals surface area contributed by atoms with Crippen molar-refractivity contribution >= 4 is 29.0 Å². The van der Waals surface area contributed by atoms with Gasteiger partial charge in [0.2, 0.25) is 5.91 Å². The zero-order chi connectivity index (χ0) is 21.6. The van der Waals surface area contributed by atoms with Gasteiger partial charge in [0.05, 0.1) is 31.8 Å². The second-order valence-electron chi connectivity index (χ2n) is 6.78. The summed E-state index contributed by atoms with van der Waals surface area (Å²) in [6, 6.07) is 12.2. The molecular formula is C21H22FN5O3S. The van der Waals surface area contributed by atoms with Gasteiger partial charge in [0.25, 0.3) is 0 Å². The van der Waals surface area contributed by atoms with E-state index in [1.165, 1.54) is 17.8 Å². The fourth-order valence-electron chi connectivity index (χ4n) is 3.22. The largest absolute Gasteiger partial charge is 0.497 e. The lowest BCUT2D eigenvalue weighted by Gasteiger charge is -2.29. The van der Waals surface area contributed by atoms with Crippen molar-refractivity contribution in [3.05, 3.63) is 54.6 Å². The zero-order valence-corrected chi connectivity index (χ0v) is 17.8. The van der Waals surface area contributed by atoms with Crippen molar-refractivity contribution in [2.45, 2.75) is 5.16 Å². The van der Waals surface area contributed by atoms with Crippen molar-refractivity contribution in [2.75, 3.05) is 49.4 Å². The number of methoxy groups -OCH3 is 1. The molecule has 1 N–H and O–H groups in total. The molecule has 8 nitrogen and oxygen atoms in total. The Hall–Kier alpha value is -3.11. The standard InChI is InChI=1S/C21H22FN5O3S/c1-29-17-5-3-16(4-6-17)27-14-23-25-21(27)31-13-20(28)24-15-2-7-19(18(22)12-15)26-8-10-30-11-9-26/h2-7,12,14H,8-11,13H2,1H3,(H,24,28). The van der Waals surface area contributed by atoms with Gasteiger partial charge in [0.1, 0.15) is 17.9 Å². The van der Waals surface area contributed by atoms with Crippen molar-refractivity contribution < 1.29 is 18.7 Å². The highest BCUT2D eigenvalue weighted by molar-refractivity contribution is 7.99. The molecule has 0 atom stereocenters. The van der Waals surface area contributed by atoms with Crippen LogP contribution in [-0.2, 0) is 9.53 Å². The third-order valence-electron chi connectivity index (χ3n) is 4.78. The molecule has 10 heteroatoms. The Labute approximate surface area is 183 Å². The molecular weight excluding hydrogens is 421 g/mol.